The van der Waals surface area contributed by atoms with E-state index in [1.54, 1.807) is 0 Å². The molecule has 4 amide bonds. The summed E-state index contributed by atoms with van der Waals surface area (Å²) >= 11 is 0. The summed E-state index contributed by atoms with van der Waals surface area (Å²) < 4.78 is 18.0. The molecule has 5 N–H and O–H groups in total. The molecule has 1 saturated heterocycles. The first-order chi connectivity index (χ1) is 15.9. The molecule has 2 heterocycles. The Labute approximate surface area is 202 Å². The van der Waals surface area contributed by atoms with Gasteiger partial charge in [0.2, 0.25) is 5.54 Å². The Hall–Kier alpha value is -2.43. The van der Waals surface area contributed by atoms with Gasteiger partial charge in [-0.05, 0) is 65.7 Å². The highest BCUT2D eigenvalue weighted by atomic mass is 32.2. The van der Waals surface area contributed by atoms with Crippen molar-refractivity contribution in [2.75, 3.05) is 6.54 Å². The summed E-state index contributed by atoms with van der Waals surface area (Å²) in [6, 6.07) is 0. The van der Waals surface area contributed by atoms with Gasteiger partial charge in [-0.15, -0.1) is 0 Å². The van der Waals surface area contributed by atoms with Crippen LogP contribution in [0.2, 0.25) is 0 Å². The van der Waals surface area contributed by atoms with Crippen LogP contribution in [-0.4, -0.2) is 60.7 Å². The highest BCUT2D eigenvalue weighted by molar-refractivity contribution is 7.88. The van der Waals surface area contributed by atoms with Crippen molar-refractivity contribution in [1.29, 1.82) is 0 Å². The first-order valence-electron chi connectivity index (χ1n) is 11.8. The van der Waals surface area contributed by atoms with E-state index < -0.39 is 55.9 Å². The number of nitrogens with two attached hydrogens (primary N) is 2. The maximum atomic E-state index is 13.7. The summed E-state index contributed by atoms with van der Waals surface area (Å²) in [6.07, 6.45) is 5.80. The maximum absolute atomic E-state index is 13.7. The Morgan fingerprint density at radius 3 is 2.50 bits per heavy atom. The minimum atomic E-state index is -1.96. The predicted octanol–water partition coefficient (Wildman–Crippen LogP) is 1.20. The van der Waals surface area contributed by atoms with Crippen molar-refractivity contribution in [2.24, 2.45) is 17.4 Å². The maximum Gasteiger partial charge on any atom is 0.405 e. The van der Waals surface area contributed by atoms with Crippen LogP contribution in [0.3, 0.4) is 0 Å². The minimum absolute atomic E-state index is 0.0297. The standard InChI is InChI=1S/C23H36N4O6S/c1-21(2,3)34(32)23-14-15(23)10-7-5-4-6-8-11-16(33-20(25)31)17(28)27-13-9-12-22(27,18(24)29)19(30)26-23/h7,10,15-16H,4-6,8-9,11-14H2,1-3H3,(H2,24,29)(H2,25,31)(H,26,30)/b10-7-/t15?,16?,22?,23?,34-/m0/s1. The Morgan fingerprint density at radius 2 is 1.88 bits per heavy atom. The lowest BCUT2D eigenvalue weighted by Crippen LogP contribution is -2.67. The zero-order valence-corrected chi connectivity index (χ0v) is 20.9. The van der Waals surface area contributed by atoms with Crippen LogP contribution in [0.15, 0.2) is 12.2 Å². The number of rotatable bonds is 3. The number of hydrogen-bond donors (Lipinski definition) is 3. The summed E-state index contributed by atoms with van der Waals surface area (Å²) in [5, 5.41) is 2.90. The summed E-state index contributed by atoms with van der Waals surface area (Å²) in [5.74, 6) is -2.53. The molecule has 0 spiro atoms. The molecule has 4 unspecified atom stereocenters. The molecule has 3 rings (SSSR count). The fourth-order valence-corrected chi connectivity index (χ4v) is 7.00. The van der Waals surface area contributed by atoms with Crippen LogP contribution < -0.4 is 16.8 Å². The van der Waals surface area contributed by atoms with E-state index in [0.29, 0.717) is 19.3 Å². The number of amides is 4. The van der Waals surface area contributed by atoms with E-state index >= 15 is 0 Å². The average Bonchev–Trinajstić information content (AvgIpc) is 3.22. The molecular formula is C23H36N4O6S. The van der Waals surface area contributed by atoms with E-state index in [0.717, 1.165) is 24.2 Å². The van der Waals surface area contributed by atoms with E-state index in [4.69, 9.17) is 16.2 Å². The van der Waals surface area contributed by atoms with Crippen molar-refractivity contribution in [3.8, 4) is 0 Å². The van der Waals surface area contributed by atoms with Crippen LogP contribution in [0.1, 0.15) is 72.1 Å². The van der Waals surface area contributed by atoms with Gasteiger partial charge in [-0.3, -0.25) is 18.6 Å². The summed E-state index contributed by atoms with van der Waals surface area (Å²) in [4.78, 5) is 51.5. The number of allylic oxidation sites excluding steroid dienone is 1. The van der Waals surface area contributed by atoms with E-state index in [9.17, 15) is 23.4 Å². The molecule has 0 aromatic carbocycles. The number of carbonyl (C=O) groups excluding carboxylic acids is 4. The number of ether oxygens (including phenoxy) is 1. The van der Waals surface area contributed by atoms with Crippen LogP contribution in [0.4, 0.5) is 4.79 Å². The fourth-order valence-electron chi connectivity index (χ4n) is 5.03. The van der Waals surface area contributed by atoms with Crippen molar-refractivity contribution in [3.63, 3.8) is 0 Å². The number of fused-ring (bicyclic) bond motifs is 2. The van der Waals surface area contributed by atoms with Crippen molar-refractivity contribution in [1.82, 2.24) is 10.2 Å². The van der Waals surface area contributed by atoms with Crippen molar-refractivity contribution < 1.29 is 28.1 Å². The van der Waals surface area contributed by atoms with Gasteiger partial charge >= 0.3 is 6.09 Å². The molecule has 34 heavy (non-hydrogen) atoms. The molecule has 0 aromatic rings. The molecule has 2 fully saturated rings. The van der Waals surface area contributed by atoms with Gasteiger partial charge in [0.15, 0.2) is 6.10 Å². The predicted molar refractivity (Wildman–Crippen MR) is 126 cm³/mol. The van der Waals surface area contributed by atoms with E-state index in [1.165, 1.54) is 0 Å². The SMILES string of the molecule is CC(C)(C)[S@](=O)C12CC1/C=C\CCCCCC(OC(N)=O)C(=O)N1CCCC1(C(N)=O)C(=O)N2. The van der Waals surface area contributed by atoms with Crippen LogP contribution in [0, 0.1) is 5.92 Å². The monoisotopic (exact) mass is 496 g/mol. The third-order valence-corrected chi connectivity index (χ3v) is 9.19. The van der Waals surface area contributed by atoms with E-state index in [-0.39, 0.29) is 25.3 Å². The molecular weight excluding hydrogens is 460 g/mol. The van der Waals surface area contributed by atoms with Crippen molar-refractivity contribution in [2.45, 2.75) is 93.4 Å². The van der Waals surface area contributed by atoms with Crippen LogP contribution in [-0.2, 0) is 29.9 Å². The largest absolute Gasteiger partial charge is 0.436 e. The quantitative estimate of drug-likeness (QED) is 0.393. The molecule has 0 bridgehead atoms. The van der Waals surface area contributed by atoms with Crippen LogP contribution in [0.25, 0.3) is 0 Å². The van der Waals surface area contributed by atoms with Gasteiger partial charge in [0.1, 0.15) is 4.87 Å². The second-order valence-corrected chi connectivity index (χ2v) is 12.8. The van der Waals surface area contributed by atoms with Crippen LogP contribution >= 0.6 is 0 Å². The second kappa shape index (κ2) is 9.67. The van der Waals surface area contributed by atoms with E-state index in [2.05, 4.69) is 5.32 Å². The van der Waals surface area contributed by atoms with Crippen LogP contribution in [0.5, 0.6) is 0 Å². The van der Waals surface area contributed by atoms with Gasteiger partial charge < -0.3 is 26.4 Å². The molecule has 1 aliphatic carbocycles. The highest BCUT2D eigenvalue weighted by Crippen LogP contribution is 2.51. The lowest BCUT2D eigenvalue weighted by Gasteiger charge is -2.38. The van der Waals surface area contributed by atoms with Gasteiger partial charge in [-0.1, -0.05) is 18.6 Å². The number of carbonyl (C=O) groups is 4. The number of hydrogen-bond acceptors (Lipinski definition) is 6. The lowest BCUT2D eigenvalue weighted by molar-refractivity contribution is -0.157. The van der Waals surface area contributed by atoms with Gasteiger partial charge in [-0.2, -0.15) is 0 Å². The van der Waals surface area contributed by atoms with Crippen molar-refractivity contribution in [3.05, 3.63) is 12.2 Å². The van der Waals surface area contributed by atoms with Crippen molar-refractivity contribution >= 4 is 34.6 Å². The summed E-state index contributed by atoms with van der Waals surface area (Å²) in [6.45, 7) is 5.60. The van der Waals surface area contributed by atoms with Gasteiger partial charge in [0.05, 0.1) is 10.8 Å². The van der Waals surface area contributed by atoms with Gasteiger partial charge in [0.25, 0.3) is 17.7 Å². The van der Waals surface area contributed by atoms with Gasteiger partial charge in [0, 0.05) is 17.2 Å². The first kappa shape index (κ1) is 26.2. The third-order valence-electron chi connectivity index (χ3n) is 6.84. The molecule has 2 aliphatic heterocycles. The smallest absolute Gasteiger partial charge is 0.405 e. The van der Waals surface area contributed by atoms with E-state index in [1.807, 2.05) is 32.9 Å². The molecule has 1 saturated carbocycles. The minimum Gasteiger partial charge on any atom is -0.436 e. The lowest BCUT2D eigenvalue weighted by atomic mass is 9.92. The molecule has 10 nitrogen and oxygen atoms in total. The molecule has 11 heteroatoms. The second-order valence-electron chi connectivity index (χ2n) is 10.3. The number of nitrogens with zero attached hydrogens (tertiary/aromatic N) is 1. The number of nitrogens with one attached hydrogen (secondary N) is 1. The average molecular weight is 497 g/mol. The Kier molecular flexibility index (Phi) is 7.45. The molecule has 0 radical (unpaired) electrons. The molecule has 0 aromatic heterocycles. The summed E-state index contributed by atoms with van der Waals surface area (Å²) in [5.41, 5.74) is 8.99. The summed E-state index contributed by atoms with van der Waals surface area (Å²) in [7, 11) is -1.48. The normalized spacial score (nSPS) is 34.5. The zero-order chi connectivity index (χ0) is 25.3. The Bertz CT molecular complexity index is 916. The molecule has 5 atom stereocenters. The first-order valence-corrected chi connectivity index (χ1v) is 13.0. The van der Waals surface area contributed by atoms with Gasteiger partial charge in [-0.25, -0.2) is 4.79 Å². The zero-order valence-electron chi connectivity index (χ0n) is 20.1. The Balaban J connectivity index is 2.04. The molecule has 3 aliphatic rings. The third kappa shape index (κ3) is 4.85. The topological polar surface area (TPSA) is 162 Å². The fraction of sp³-hybridized carbons (Fsp3) is 0.739. The molecule has 190 valence electrons. The number of primary amides is 2. The Morgan fingerprint density at radius 1 is 1.18 bits per heavy atom. The highest BCUT2D eigenvalue weighted by Gasteiger charge is 2.65.